The summed E-state index contributed by atoms with van der Waals surface area (Å²) >= 11 is 0. The van der Waals surface area contributed by atoms with Crippen molar-refractivity contribution in [3.05, 3.63) is 0 Å². The lowest BCUT2D eigenvalue weighted by Crippen LogP contribution is -2.52. The van der Waals surface area contributed by atoms with Gasteiger partial charge in [-0.1, -0.05) is 12.8 Å². The van der Waals surface area contributed by atoms with Gasteiger partial charge in [-0.25, -0.2) is 0 Å². The smallest absolute Gasteiger partial charge is 0.0491 e. The Hall–Kier alpha value is -0.120. The summed E-state index contributed by atoms with van der Waals surface area (Å²) < 4.78 is 5.24. The zero-order valence-corrected chi connectivity index (χ0v) is 10.5. The van der Waals surface area contributed by atoms with Crippen LogP contribution in [0, 0.1) is 5.92 Å². The van der Waals surface area contributed by atoms with Crippen molar-refractivity contribution in [2.24, 2.45) is 11.7 Å². The SMILES string of the molecule is COCC1CCN(C2CCCCC2N)CC1. The molecule has 2 aliphatic rings. The fourth-order valence-electron chi connectivity index (χ4n) is 3.28. The molecule has 3 nitrogen and oxygen atoms in total. The second-order valence-electron chi connectivity index (χ2n) is 5.45. The number of ether oxygens (including phenoxy) is 1. The van der Waals surface area contributed by atoms with Crippen molar-refractivity contribution < 1.29 is 4.74 Å². The maximum Gasteiger partial charge on any atom is 0.0491 e. The van der Waals surface area contributed by atoms with Gasteiger partial charge in [-0.15, -0.1) is 0 Å². The molecule has 2 fully saturated rings. The molecule has 0 bridgehead atoms. The van der Waals surface area contributed by atoms with Gasteiger partial charge in [-0.2, -0.15) is 0 Å². The minimum Gasteiger partial charge on any atom is -0.384 e. The molecule has 16 heavy (non-hydrogen) atoms. The molecular formula is C13H26N2O. The third-order valence-corrected chi connectivity index (χ3v) is 4.30. The van der Waals surface area contributed by atoms with Crippen LogP contribution in [0.1, 0.15) is 38.5 Å². The van der Waals surface area contributed by atoms with Crippen LogP contribution in [0.15, 0.2) is 0 Å². The summed E-state index contributed by atoms with van der Waals surface area (Å²) in [6, 6.07) is 1.09. The van der Waals surface area contributed by atoms with Crippen molar-refractivity contribution >= 4 is 0 Å². The van der Waals surface area contributed by atoms with E-state index in [-0.39, 0.29) is 0 Å². The summed E-state index contributed by atoms with van der Waals surface area (Å²) in [5, 5.41) is 0. The third kappa shape index (κ3) is 2.96. The maximum atomic E-state index is 6.24. The highest BCUT2D eigenvalue weighted by molar-refractivity contribution is 4.88. The zero-order chi connectivity index (χ0) is 11.4. The minimum atomic E-state index is 0.424. The number of rotatable bonds is 3. The molecule has 1 saturated carbocycles. The van der Waals surface area contributed by atoms with Crippen molar-refractivity contribution in [2.45, 2.75) is 50.6 Å². The topological polar surface area (TPSA) is 38.5 Å². The Morgan fingerprint density at radius 1 is 1.12 bits per heavy atom. The molecule has 1 aliphatic heterocycles. The second-order valence-corrected chi connectivity index (χ2v) is 5.45. The standard InChI is InChI=1S/C13H26N2O/c1-16-10-11-6-8-15(9-7-11)13-5-3-2-4-12(13)14/h11-13H,2-10,14H2,1H3. The first-order valence-corrected chi connectivity index (χ1v) is 6.80. The Labute approximate surface area is 99.3 Å². The molecular weight excluding hydrogens is 200 g/mol. The van der Waals surface area contributed by atoms with Gasteiger partial charge in [-0.3, -0.25) is 4.90 Å². The van der Waals surface area contributed by atoms with Crippen LogP contribution < -0.4 is 5.73 Å². The molecule has 0 aromatic rings. The Balaban J connectivity index is 1.79. The van der Waals surface area contributed by atoms with E-state index < -0.39 is 0 Å². The highest BCUT2D eigenvalue weighted by Crippen LogP contribution is 2.26. The quantitative estimate of drug-likeness (QED) is 0.794. The fourth-order valence-corrected chi connectivity index (χ4v) is 3.28. The Bertz CT molecular complexity index is 202. The van der Waals surface area contributed by atoms with Gasteiger partial charge < -0.3 is 10.5 Å². The predicted octanol–water partition coefficient (Wildman–Crippen LogP) is 1.61. The van der Waals surface area contributed by atoms with Gasteiger partial charge in [0.1, 0.15) is 0 Å². The maximum absolute atomic E-state index is 6.24. The van der Waals surface area contributed by atoms with Crippen LogP contribution in [0.2, 0.25) is 0 Å². The highest BCUT2D eigenvalue weighted by Gasteiger charge is 2.30. The van der Waals surface area contributed by atoms with Crippen molar-refractivity contribution in [3.8, 4) is 0 Å². The zero-order valence-electron chi connectivity index (χ0n) is 10.5. The molecule has 94 valence electrons. The number of methoxy groups -OCH3 is 1. The third-order valence-electron chi connectivity index (χ3n) is 4.30. The molecule has 2 rings (SSSR count). The van der Waals surface area contributed by atoms with E-state index in [1.807, 2.05) is 7.11 Å². The molecule has 0 amide bonds. The van der Waals surface area contributed by atoms with E-state index in [0.29, 0.717) is 12.1 Å². The molecule has 0 aromatic carbocycles. The molecule has 1 aliphatic carbocycles. The van der Waals surface area contributed by atoms with E-state index in [1.165, 1.54) is 51.6 Å². The highest BCUT2D eigenvalue weighted by atomic mass is 16.5. The van der Waals surface area contributed by atoms with Gasteiger partial charge in [-0.05, 0) is 44.7 Å². The first-order valence-electron chi connectivity index (χ1n) is 6.80. The molecule has 2 unspecified atom stereocenters. The van der Waals surface area contributed by atoms with Gasteiger partial charge in [0, 0.05) is 25.8 Å². The minimum absolute atomic E-state index is 0.424. The van der Waals surface area contributed by atoms with Crippen LogP contribution in [0.3, 0.4) is 0 Å². The van der Waals surface area contributed by atoms with E-state index in [9.17, 15) is 0 Å². The van der Waals surface area contributed by atoms with E-state index in [0.717, 1.165) is 12.5 Å². The summed E-state index contributed by atoms with van der Waals surface area (Å²) in [6.07, 6.45) is 7.82. The summed E-state index contributed by atoms with van der Waals surface area (Å²) in [7, 11) is 1.81. The Kier molecular flexibility index (Phi) is 4.62. The van der Waals surface area contributed by atoms with Gasteiger partial charge in [0.2, 0.25) is 0 Å². The van der Waals surface area contributed by atoms with Crippen LogP contribution in [0.25, 0.3) is 0 Å². The number of hydrogen-bond donors (Lipinski definition) is 1. The number of hydrogen-bond acceptors (Lipinski definition) is 3. The van der Waals surface area contributed by atoms with Crippen LogP contribution in [-0.4, -0.2) is 43.8 Å². The normalized spacial score (nSPS) is 34.1. The Morgan fingerprint density at radius 2 is 1.81 bits per heavy atom. The summed E-state index contributed by atoms with van der Waals surface area (Å²) in [5.74, 6) is 0.779. The first-order chi connectivity index (χ1) is 7.81. The lowest BCUT2D eigenvalue weighted by atomic mass is 9.87. The van der Waals surface area contributed by atoms with Crippen molar-refractivity contribution in [1.29, 1.82) is 0 Å². The summed E-state index contributed by atoms with van der Waals surface area (Å²) in [6.45, 7) is 3.39. The van der Waals surface area contributed by atoms with E-state index >= 15 is 0 Å². The molecule has 0 radical (unpaired) electrons. The lowest BCUT2D eigenvalue weighted by Gasteiger charge is -2.42. The lowest BCUT2D eigenvalue weighted by molar-refractivity contribution is 0.0616. The van der Waals surface area contributed by atoms with E-state index in [2.05, 4.69) is 4.90 Å². The molecule has 2 N–H and O–H groups in total. The van der Waals surface area contributed by atoms with Crippen molar-refractivity contribution in [3.63, 3.8) is 0 Å². The Morgan fingerprint density at radius 3 is 2.44 bits per heavy atom. The van der Waals surface area contributed by atoms with Crippen LogP contribution >= 0.6 is 0 Å². The first kappa shape index (κ1) is 12.3. The van der Waals surface area contributed by atoms with E-state index in [4.69, 9.17) is 10.5 Å². The van der Waals surface area contributed by atoms with E-state index in [1.54, 1.807) is 0 Å². The van der Waals surface area contributed by atoms with Crippen molar-refractivity contribution in [1.82, 2.24) is 4.90 Å². The molecule has 1 heterocycles. The molecule has 0 aromatic heterocycles. The largest absolute Gasteiger partial charge is 0.384 e. The van der Waals surface area contributed by atoms with Gasteiger partial charge in [0.25, 0.3) is 0 Å². The molecule has 2 atom stereocenters. The second kappa shape index (κ2) is 5.99. The van der Waals surface area contributed by atoms with Crippen molar-refractivity contribution in [2.75, 3.05) is 26.8 Å². The average Bonchev–Trinajstić information content (AvgIpc) is 2.31. The predicted molar refractivity (Wildman–Crippen MR) is 66.4 cm³/mol. The number of nitrogens with two attached hydrogens (primary N) is 1. The van der Waals surface area contributed by atoms with Gasteiger partial charge in [0.15, 0.2) is 0 Å². The van der Waals surface area contributed by atoms with Gasteiger partial charge in [0.05, 0.1) is 0 Å². The monoisotopic (exact) mass is 226 g/mol. The van der Waals surface area contributed by atoms with Crippen LogP contribution in [0.4, 0.5) is 0 Å². The molecule has 0 spiro atoms. The molecule has 1 saturated heterocycles. The molecule has 3 heteroatoms. The number of piperidine rings is 1. The van der Waals surface area contributed by atoms with Crippen LogP contribution in [0.5, 0.6) is 0 Å². The number of nitrogens with zero attached hydrogens (tertiary/aromatic N) is 1. The van der Waals surface area contributed by atoms with Crippen LogP contribution in [-0.2, 0) is 4.74 Å². The summed E-state index contributed by atoms with van der Waals surface area (Å²) in [4.78, 5) is 2.63. The van der Waals surface area contributed by atoms with Gasteiger partial charge >= 0.3 is 0 Å². The number of likely N-dealkylation sites (tertiary alicyclic amines) is 1. The average molecular weight is 226 g/mol. The summed E-state index contributed by atoms with van der Waals surface area (Å²) in [5.41, 5.74) is 6.24. The fraction of sp³-hybridized carbons (Fsp3) is 1.00.